The highest BCUT2D eigenvalue weighted by molar-refractivity contribution is 6.03. The van der Waals surface area contributed by atoms with Crippen LogP contribution in [0.1, 0.15) is 25.7 Å². The molecule has 0 spiro atoms. The minimum Gasteiger partial charge on any atom is -0.368 e. The van der Waals surface area contributed by atoms with E-state index in [1.54, 1.807) is 4.90 Å². The smallest absolute Gasteiger partial charge is 0.249 e. The number of carbonyl (C=O) groups excluding carboxylic acids is 2. The van der Waals surface area contributed by atoms with Crippen molar-refractivity contribution < 1.29 is 9.59 Å². The summed E-state index contributed by atoms with van der Waals surface area (Å²) in [5.41, 5.74) is 10.3. The van der Waals surface area contributed by atoms with Gasteiger partial charge in [0.15, 0.2) is 6.04 Å². The van der Waals surface area contributed by atoms with Crippen molar-refractivity contribution in [3.05, 3.63) is 0 Å². The predicted molar refractivity (Wildman–Crippen MR) is 52.2 cm³/mol. The van der Waals surface area contributed by atoms with Crippen molar-refractivity contribution in [2.24, 2.45) is 11.5 Å². The van der Waals surface area contributed by atoms with Crippen molar-refractivity contribution in [3.8, 4) is 0 Å². The number of amides is 2. The predicted octanol–water partition coefficient (Wildman–Crippen LogP) is -0.798. The van der Waals surface area contributed by atoms with Gasteiger partial charge in [0.25, 0.3) is 0 Å². The van der Waals surface area contributed by atoms with Crippen molar-refractivity contribution in [1.82, 2.24) is 4.90 Å². The Bertz CT molecular complexity index is 222. The van der Waals surface area contributed by atoms with E-state index in [-0.39, 0.29) is 5.91 Å². The molecular formula is C9H17N3O2. The Labute approximate surface area is 83.4 Å². The topological polar surface area (TPSA) is 89.4 Å². The second-order valence-corrected chi connectivity index (χ2v) is 3.62. The standard InChI is InChI=1S/C9H17N3O2/c10-7(8(11)13)9(14)12-5-3-1-2-4-6-12/h7H,1-6,10H2,(H2,11,13)/t7-/m0/s1. The van der Waals surface area contributed by atoms with Gasteiger partial charge in [-0.1, -0.05) is 12.8 Å². The van der Waals surface area contributed by atoms with Crippen LogP contribution in [0, 0.1) is 0 Å². The molecule has 0 aliphatic carbocycles. The van der Waals surface area contributed by atoms with Gasteiger partial charge in [0.2, 0.25) is 11.8 Å². The first-order valence-electron chi connectivity index (χ1n) is 4.96. The van der Waals surface area contributed by atoms with Crippen molar-refractivity contribution in [1.29, 1.82) is 0 Å². The lowest BCUT2D eigenvalue weighted by Gasteiger charge is -2.22. The number of primary amides is 1. The second-order valence-electron chi connectivity index (χ2n) is 3.62. The van der Waals surface area contributed by atoms with Crippen LogP contribution < -0.4 is 11.5 Å². The Morgan fingerprint density at radius 1 is 1.07 bits per heavy atom. The third-order valence-corrected chi connectivity index (χ3v) is 2.49. The molecule has 1 atom stereocenters. The Morgan fingerprint density at radius 3 is 2.00 bits per heavy atom. The van der Waals surface area contributed by atoms with Crippen LogP contribution in [-0.2, 0) is 9.59 Å². The Kier molecular flexibility index (Phi) is 3.88. The molecule has 0 unspecified atom stereocenters. The summed E-state index contributed by atoms with van der Waals surface area (Å²) in [6.45, 7) is 1.39. The van der Waals surface area contributed by atoms with E-state index in [4.69, 9.17) is 11.5 Å². The van der Waals surface area contributed by atoms with Gasteiger partial charge in [-0.2, -0.15) is 0 Å². The maximum absolute atomic E-state index is 11.6. The molecule has 0 aromatic carbocycles. The van der Waals surface area contributed by atoms with Crippen molar-refractivity contribution in [2.45, 2.75) is 31.7 Å². The molecular weight excluding hydrogens is 182 g/mol. The SMILES string of the molecule is NC(=O)[C@H](N)C(=O)N1CCCCCC1. The number of nitrogens with zero attached hydrogens (tertiary/aromatic N) is 1. The molecule has 1 rings (SSSR count). The molecule has 0 aromatic heterocycles. The Morgan fingerprint density at radius 2 is 1.57 bits per heavy atom. The molecule has 5 heteroatoms. The summed E-state index contributed by atoms with van der Waals surface area (Å²) >= 11 is 0. The lowest BCUT2D eigenvalue weighted by Crippen LogP contribution is -2.51. The van der Waals surface area contributed by atoms with Crippen LogP contribution in [0.2, 0.25) is 0 Å². The molecule has 1 aliphatic rings. The summed E-state index contributed by atoms with van der Waals surface area (Å²) in [7, 11) is 0. The minimum atomic E-state index is -1.17. The Balaban J connectivity index is 2.53. The van der Waals surface area contributed by atoms with E-state index in [0.717, 1.165) is 25.7 Å². The van der Waals surface area contributed by atoms with Crippen LogP contribution in [0.25, 0.3) is 0 Å². The third-order valence-electron chi connectivity index (χ3n) is 2.49. The molecule has 1 fully saturated rings. The molecule has 1 heterocycles. The fraction of sp³-hybridized carbons (Fsp3) is 0.778. The van der Waals surface area contributed by atoms with Gasteiger partial charge in [-0.25, -0.2) is 0 Å². The monoisotopic (exact) mass is 199 g/mol. The zero-order valence-corrected chi connectivity index (χ0v) is 8.24. The van der Waals surface area contributed by atoms with E-state index < -0.39 is 11.9 Å². The number of carbonyl (C=O) groups is 2. The lowest BCUT2D eigenvalue weighted by molar-refractivity contribution is -0.137. The number of nitrogens with two attached hydrogens (primary N) is 2. The maximum Gasteiger partial charge on any atom is 0.249 e. The molecule has 80 valence electrons. The third kappa shape index (κ3) is 2.70. The fourth-order valence-corrected chi connectivity index (χ4v) is 1.61. The average molecular weight is 199 g/mol. The summed E-state index contributed by atoms with van der Waals surface area (Å²) in [6.07, 6.45) is 4.24. The first kappa shape index (κ1) is 11.0. The number of rotatable bonds is 2. The summed E-state index contributed by atoms with van der Waals surface area (Å²) in [4.78, 5) is 24.0. The molecule has 0 saturated carbocycles. The molecule has 0 aromatic rings. The van der Waals surface area contributed by atoms with Crippen LogP contribution in [0.15, 0.2) is 0 Å². The summed E-state index contributed by atoms with van der Waals surface area (Å²) < 4.78 is 0. The summed E-state index contributed by atoms with van der Waals surface area (Å²) in [5.74, 6) is -1.08. The molecule has 5 nitrogen and oxygen atoms in total. The fourth-order valence-electron chi connectivity index (χ4n) is 1.61. The van der Waals surface area contributed by atoms with Crippen LogP contribution in [0.5, 0.6) is 0 Å². The van der Waals surface area contributed by atoms with Crippen LogP contribution in [0.4, 0.5) is 0 Å². The molecule has 14 heavy (non-hydrogen) atoms. The second kappa shape index (κ2) is 4.95. The highest BCUT2D eigenvalue weighted by atomic mass is 16.2. The van der Waals surface area contributed by atoms with E-state index in [9.17, 15) is 9.59 Å². The van der Waals surface area contributed by atoms with Crippen molar-refractivity contribution in [3.63, 3.8) is 0 Å². The van der Waals surface area contributed by atoms with Gasteiger partial charge in [0, 0.05) is 13.1 Å². The number of hydrogen-bond acceptors (Lipinski definition) is 3. The summed E-state index contributed by atoms with van der Waals surface area (Å²) in [5, 5.41) is 0. The van der Waals surface area contributed by atoms with E-state index >= 15 is 0 Å². The summed E-state index contributed by atoms with van der Waals surface area (Å²) in [6, 6.07) is -1.17. The zero-order valence-electron chi connectivity index (χ0n) is 8.24. The van der Waals surface area contributed by atoms with Crippen LogP contribution in [-0.4, -0.2) is 35.8 Å². The molecule has 1 saturated heterocycles. The van der Waals surface area contributed by atoms with Gasteiger partial charge in [-0.05, 0) is 12.8 Å². The van der Waals surface area contributed by atoms with E-state index in [2.05, 4.69) is 0 Å². The number of hydrogen-bond donors (Lipinski definition) is 2. The van der Waals surface area contributed by atoms with E-state index in [1.165, 1.54) is 0 Å². The highest BCUT2D eigenvalue weighted by Crippen LogP contribution is 2.10. The minimum absolute atomic E-state index is 0.334. The first-order chi connectivity index (χ1) is 6.63. The largest absolute Gasteiger partial charge is 0.368 e. The van der Waals surface area contributed by atoms with Gasteiger partial charge in [-0.15, -0.1) is 0 Å². The van der Waals surface area contributed by atoms with Crippen molar-refractivity contribution in [2.75, 3.05) is 13.1 Å². The van der Waals surface area contributed by atoms with Crippen LogP contribution >= 0.6 is 0 Å². The normalized spacial score (nSPS) is 19.9. The average Bonchev–Trinajstić information content (AvgIpc) is 2.43. The molecule has 0 radical (unpaired) electrons. The molecule has 1 aliphatic heterocycles. The molecule has 2 amide bonds. The van der Waals surface area contributed by atoms with Gasteiger partial charge in [-0.3, -0.25) is 9.59 Å². The maximum atomic E-state index is 11.6. The quantitative estimate of drug-likeness (QED) is 0.571. The number of likely N-dealkylation sites (tertiary alicyclic amines) is 1. The van der Waals surface area contributed by atoms with E-state index in [0.29, 0.717) is 13.1 Å². The first-order valence-corrected chi connectivity index (χ1v) is 4.96. The van der Waals surface area contributed by atoms with E-state index in [1.807, 2.05) is 0 Å². The Hall–Kier alpha value is -1.10. The highest BCUT2D eigenvalue weighted by Gasteiger charge is 2.25. The molecule has 4 N–H and O–H groups in total. The van der Waals surface area contributed by atoms with Crippen LogP contribution in [0.3, 0.4) is 0 Å². The van der Waals surface area contributed by atoms with Gasteiger partial charge in [0.1, 0.15) is 0 Å². The van der Waals surface area contributed by atoms with Crippen molar-refractivity contribution >= 4 is 11.8 Å². The zero-order chi connectivity index (χ0) is 10.6. The van der Waals surface area contributed by atoms with Gasteiger partial charge in [0.05, 0.1) is 0 Å². The molecule has 0 bridgehead atoms. The van der Waals surface area contributed by atoms with Gasteiger partial charge < -0.3 is 16.4 Å². The van der Waals surface area contributed by atoms with Gasteiger partial charge >= 0.3 is 0 Å². The lowest BCUT2D eigenvalue weighted by atomic mass is 10.2.